The van der Waals surface area contributed by atoms with E-state index < -0.39 is 42.5 Å². The van der Waals surface area contributed by atoms with Crippen molar-refractivity contribution in [2.24, 2.45) is 0 Å². The maximum atomic E-state index is 14.0. The molecule has 0 aromatic heterocycles. The van der Waals surface area contributed by atoms with Crippen LogP contribution >= 0.6 is 11.6 Å². The quantitative estimate of drug-likeness (QED) is 0.473. The molecule has 1 aliphatic heterocycles. The zero-order valence-electron chi connectivity index (χ0n) is 17.2. The van der Waals surface area contributed by atoms with E-state index in [1.807, 2.05) is 0 Å². The van der Waals surface area contributed by atoms with Gasteiger partial charge in [-0.15, -0.1) is 0 Å². The Morgan fingerprint density at radius 1 is 1.12 bits per heavy atom. The van der Waals surface area contributed by atoms with Gasteiger partial charge in [-0.1, -0.05) is 29.8 Å². The summed E-state index contributed by atoms with van der Waals surface area (Å²) in [5, 5.41) is 9.81. The molecular formula is C22H21ClF6N2O2. The molecule has 4 nitrogen and oxygen atoms in total. The predicted molar refractivity (Wildman–Crippen MR) is 112 cm³/mol. The van der Waals surface area contributed by atoms with Crippen molar-refractivity contribution < 1.29 is 36.2 Å². The van der Waals surface area contributed by atoms with E-state index in [1.54, 1.807) is 0 Å². The third-order valence-electron chi connectivity index (χ3n) is 5.62. The highest BCUT2D eigenvalue weighted by Crippen LogP contribution is 2.35. The fourth-order valence-electron chi connectivity index (χ4n) is 4.06. The Bertz CT molecular complexity index is 965. The van der Waals surface area contributed by atoms with Gasteiger partial charge in [-0.3, -0.25) is 4.90 Å². The van der Waals surface area contributed by atoms with Gasteiger partial charge < -0.3 is 10.0 Å². The minimum atomic E-state index is -4.87. The fourth-order valence-corrected chi connectivity index (χ4v) is 4.19. The number of carbonyl (C=O) groups is 1. The van der Waals surface area contributed by atoms with Gasteiger partial charge in [-0.05, 0) is 61.2 Å². The van der Waals surface area contributed by atoms with Crippen LogP contribution in [0.4, 0.5) is 36.8 Å². The van der Waals surface area contributed by atoms with Crippen LogP contribution in [-0.2, 0) is 6.18 Å². The molecule has 11 heteroatoms. The molecule has 1 aliphatic rings. The molecule has 1 heterocycles. The van der Waals surface area contributed by atoms with Crippen molar-refractivity contribution >= 4 is 23.4 Å². The lowest BCUT2D eigenvalue weighted by Crippen LogP contribution is -2.55. The summed E-state index contributed by atoms with van der Waals surface area (Å²) in [7, 11) is 0. The van der Waals surface area contributed by atoms with Crippen molar-refractivity contribution in [1.82, 2.24) is 4.90 Å². The Kier molecular flexibility index (Phi) is 7.48. The van der Waals surface area contributed by atoms with Crippen LogP contribution in [0.3, 0.4) is 0 Å². The van der Waals surface area contributed by atoms with Crippen LogP contribution in [0.25, 0.3) is 0 Å². The van der Waals surface area contributed by atoms with Crippen LogP contribution in [0, 0.1) is 0 Å². The van der Waals surface area contributed by atoms with E-state index in [0.29, 0.717) is 18.4 Å². The number of likely N-dealkylation sites (tertiary alicyclic amines) is 1. The maximum Gasteiger partial charge on any atom is 0.416 e. The molecule has 1 fully saturated rings. The normalized spacial score (nSPS) is 18.7. The zero-order chi connectivity index (χ0) is 24.4. The molecule has 1 unspecified atom stereocenters. The molecule has 2 aromatic carbocycles. The number of carboxylic acid groups (broad SMARTS) is 1. The number of hydrogen-bond donors (Lipinski definition) is 1. The monoisotopic (exact) mass is 494 g/mol. The van der Waals surface area contributed by atoms with Gasteiger partial charge in [-0.2, -0.15) is 26.3 Å². The first kappa shape index (κ1) is 25.2. The lowest BCUT2D eigenvalue weighted by molar-refractivity contribution is -0.152. The van der Waals surface area contributed by atoms with Crippen molar-refractivity contribution in [2.75, 3.05) is 24.5 Å². The molecular weight excluding hydrogens is 474 g/mol. The van der Waals surface area contributed by atoms with Crippen LogP contribution in [0.15, 0.2) is 48.5 Å². The second-order valence-corrected chi connectivity index (χ2v) is 8.34. The summed E-state index contributed by atoms with van der Waals surface area (Å²) in [6.07, 6.45) is -10.2. The zero-order valence-corrected chi connectivity index (χ0v) is 18.0. The summed E-state index contributed by atoms with van der Waals surface area (Å²) in [5.74, 6) is -0.399. The second-order valence-electron chi connectivity index (χ2n) is 7.91. The Balaban J connectivity index is 1.83. The minimum Gasteiger partial charge on any atom is -0.465 e. The summed E-state index contributed by atoms with van der Waals surface area (Å²) in [6.45, 7) is -0.286. The molecule has 1 amide bonds. The van der Waals surface area contributed by atoms with Gasteiger partial charge in [-0.25, -0.2) is 4.79 Å². The van der Waals surface area contributed by atoms with E-state index in [0.717, 1.165) is 12.1 Å². The molecule has 0 spiro atoms. The third-order valence-corrected chi connectivity index (χ3v) is 5.87. The van der Waals surface area contributed by atoms with Crippen LogP contribution in [-0.4, -0.2) is 48.0 Å². The summed E-state index contributed by atoms with van der Waals surface area (Å²) in [4.78, 5) is 13.5. The average molecular weight is 495 g/mol. The van der Waals surface area contributed by atoms with Gasteiger partial charge in [0.1, 0.15) is 6.04 Å². The minimum absolute atomic E-state index is 0.0853. The Hall–Kier alpha value is -2.46. The van der Waals surface area contributed by atoms with Crippen molar-refractivity contribution in [1.29, 1.82) is 0 Å². The first-order chi connectivity index (χ1) is 15.4. The fraction of sp³-hybridized carbons (Fsp3) is 0.409. The number of benzene rings is 2. The van der Waals surface area contributed by atoms with Crippen molar-refractivity contribution in [3.63, 3.8) is 0 Å². The number of hydrogen-bond acceptors (Lipinski definition) is 2. The standard InChI is InChI=1S/C22H21ClF6N2O2/c23-17-6-8-18(9-7-17)31(20(32)33)19(22(27,28)29)13-30-10-2-4-15(12-30)14-3-1-5-16(11-14)21(24,25)26/h1,3,5-9,11,15,19H,2,4,10,12-13H2,(H,32,33)/t15?,19-/m0/s1. The highest BCUT2D eigenvalue weighted by Gasteiger charge is 2.47. The number of amides is 1. The summed E-state index contributed by atoms with van der Waals surface area (Å²) < 4.78 is 81.1. The van der Waals surface area contributed by atoms with Gasteiger partial charge in [0.05, 0.1) is 5.56 Å². The Labute approximate surface area is 191 Å². The number of nitrogens with zero attached hydrogens (tertiary/aromatic N) is 2. The molecule has 1 saturated heterocycles. The van der Waals surface area contributed by atoms with Gasteiger partial charge in [0.2, 0.25) is 0 Å². The van der Waals surface area contributed by atoms with E-state index >= 15 is 0 Å². The molecule has 0 saturated carbocycles. The van der Waals surface area contributed by atoms with Gasteiger partial charge in [0.25, 0.3) is 0 Å². The number of halogens is 7. The summed E-state index contributed by atoms with van der Waals surface area (Å²) >= 11 is 5.77. The molecule has 33 heavy (non-hydrogen) atoms. The summed E-state index contributed by atoms with van der Waals surface area (Å²) in [5.41, 5.74) is -0.600. The lowest BCUT2D eigenvalue weighted by Gasteiger charge is -2.38. The Morgan fingerprint density at radius 2 is 1.79 bits per heavy atom. The van der Waals surface area contributed by atoms with E-state index in [-0.39, 0.29) is 28.7 Å². The molecule has 0 bridgehead atoms. The molecule has 1 N–H and O–H groups in total. The molecule has 180 valence electrons. The number of piperidine rings is 1. The van der Waals surface area contributed by atoms with E-state index in [1.165, 1.54) is 41.3 Å². The van der Waals surface area contributed by atoms with Gasteiger partial charge >= 0.3 is 18.4 Å². The highest BCUT2D eigenvalue weighted by molar-refractivity contribution is 6.30. The third kappa shape index (κ3) is 6.32. The largest absolute Gasteiger partial charge is 0.465 e. The Morgan fingerprint density at radius 3 is 2.36 bits per heavy atom. The molecule has 2 atom stereocenters. The SMILES string of the molecule is O=C(O)N(c1ccc(Cl)cc1)[C@@H](CN1CCCC(c2cccc(C(F)(F)F)c2)C1)C(F)(F)F. The molecule has 2 aromatic rings. The number of rotatable bonds is 5. The predicted octanol–water partition coefficient (Wildman–Crippen LogP) is 6.65. The molecule has 3 rings (SSSR count). The topological polar surface area (TPSA) is 43.8 Å². The van der Waals surface area contributed by atoms with E-state index in [4.69, 9.17) is 11.6 Å². The van der Waals surface area contributed by atoms with Gasteiger partial charge in [0.15, 0.2) is 0 Å². The number of anilines is 1. The van der Waals surface area contributed by atoms with Gasteiger partial charge in [0, 0.05) is 23.8 Å². The van der Waals surface area contributed by atoms with Crippen LogP contribution < -0.4 is 4.90 Å². The van der Waals surface area contributed by atoms with Crippen molar-refractivity contribution in [2.45, 2.75) is 37.2 Å². The maximum absolute atomic E-state index is 14.0. The highest BCUT2D eigenvalue weighted by atomic mass is 35.5. The second kappa shape index (κ2) is 9.80. The van der Waals surface area contributed by atoms with E-state index in [9.17, 15) is 36.2 Å². The first-order valence-corrected chi connectivity index (χ1v) is 10.5. The van der Waals surface area contributed by atoms with Crippen molar-refractivity contribution in [3.8, 4) is 0 Å². The summed E-state index contributed by atoms with van der Waals surface area (Å²) in [6, 6.07) is 7.39. The van der Waals surface area contributed by atoms with Crippen LogP contribution in [0.2, 0.25) is 5.02 Å². The van der Waals surface area contributed by atoms with Crippen molar-refractivity contribution in [3.05, 3.63) is 64.7 Å². The lowest BCUT2D eigenvalue weighted by atomic mass is 9.89. The van der Waals surface area contributed by atoms with Crippen LogP contribution in [0.5, 0.6) is 0 Å². The first-order valence-electron chi connectivity index (χ1n) is 10.1. The molecule has 0 radical (unpaired) electrons. The average Bonchev–Trinajstić information content (AvgIpc) is 2.73. The smallest absolute Gasteiger partial charge is 0.416 e. The number of alkyl halides is 6. The van der Waals surface area contributed by atoms with E-state index in [2.05, 4.69) is 0 Å². The van der Waals surface area contributed by atoms with Crippen LogP contribution in [0.1, 0.15) is 29.9 Å². The molecule has 0 aliphatic carbocycles.